The van der Waals surface area contributed by atoms with Crippen LogP contribution in [-0.4, -0.2) is 41.4 Å². The van der Waals surface area contributed by atoms with Crippen molar-refractivity contribution in [1.82, 2.24) is 20.1 Å². The Bertz CT molecular complexity index is 1880. The van der Waals surface area contributed by atoms with Crippen LogP contribution in [0.4, 0.5) is 11.4 Å². The normalized spacial score (nSPS) is 14.0. The van der Waals surface area contributed by atoms with E-state index in [1.807, 2.05) is 48.5 Å². The summed E-state index contributed by atoms with van der Waals surface area (Å²) < 4.78 is 13.3. The van der Waals surface area contributed by atoms with Gasteiger partial charge in [-0.25, -0.2) is 0 Å². The number of carbonyl (C=O) groups excluding carboxylic acids is 1. The van der Waals surface area contributed by atoms with Crippen molar-refractivity contribution in [3.8, 4) is 11.5 Å². The Morgan fingerprint density at radius 3 is 2.55 bits per heavy atom. The fourth-order valence-corrected chi connectivity index (χ4v) is 6.07. The van der Waals surface area contributed by atoms with Gasteiger partial charge < -0.3 is 24.7 Å². The maximum absolute atomic E-state index is 13.8. The van der Waals surface area contributed by atoms with E-state index in [0.29, 0.717) is 48.0 Å². The van der Waals surface area contributed by atoms with Gasteiger partial charge in [0, 0.05) is 52.4 Å². The lowest BCUT2D eigenvalue weighted by Crippen LogP contribution is -2.32. The van der Waals surface area contributed by atoms with Crippen LogP contribution in [0.5, 0.6) is 11.5 Å². The standard InChI is InChI=1S/C36H36N8O3/c1-46-29-18-15-26(33(21-29)47-2)23-44-34(19-12-24-8-4-3-5-9-24)41-42-35(44)32(20-27-22-38-31-11-7-6-10-30(27)31)39-36(45)25-13-16-28(17-14-25)40-43-37/h3-11,13-18,21,27,32,38H,12,19-20,22-23H2,1-2H3,(H,39,45)/t27?,32-/m1/s1. The fourth-order valence-electron chi connectivity index (χ4n) is 6.07. The zero-order chi connectivity index (χ0) is 32.6. The average Bonchev–Trinajstić information content (AvgIpc) is 3.71. The molecular formula is C36H36N8O3. The first-order chi connectivity index (χ1) is 23.1. The summed E-state index contributed by atoms with van der Waals surface area (Å²) in [5.74, 6) is 2.73. The molecule has 1 amide bonds. The van der Waals surface area contributed by atoms with E-state index in [-0.39, 0.29) is 11.8 Å². The monoisotopic (exact) mass is 628 g/mol. The lowest BCUT2D eigenvalue weighted by atomic mass is 9.93. The zero-order valence-electron chi connectivity index (χ0n) is 26.3. The Morgan fingerprint density at radius 1 is 1.00 bits per heavy atom. The summed E-state index contributed by atoms with van der Waals surface area (Å²) in [7, 11) is 3.27. The summed E-state index contributed by atoms with van der Waals surface area (Å²) in [5.41, 5.74) is 14.1. The summed E-state index contributed by atoms with van der Waals surface area (Å²) in [6, 6.07) is 30.4. The van der Waals surface area contributed by atoms with E-state index in [9.17, 15) is 4.79 Å². The summed E-state index contributed by atoms with van der Waals surface area (Å²) in [6.07, 6.45) is 2.04. The van der Waals surface area contributed by atoms with Crippen molar-refractivity contribution in [3.05, 3.63) is 141 Å². The van der Waals surface area contributed by atoms with Gasteiger partial charge in [0.05, 0.1) is 26.8 Å². The highest BCUT2D eigenvalue weighted by molar-refractivity contribution is 5.94. The van der Waals surface area contributed by atoms with Crippen molar-refractivity contribution >= 4 is 17.3 Å². The van der Waals surface area contributed by atoms with Gasteiger partial charge in [-0.15, -0.1) is 10.2 Å². The van der Waals surface area contributed by atoms with Crippen LogP contribution < -0.4 is 20.1 Å². The van der Waals surface area contributed by atoms with Crippen molar-refractivity contribution < 1.29 is 14.3 Å². The molecule has 1 aromatic heterocycles. The van der Waals surface area contributed by atoms with Crippen LogP contribution in [0.3, 0.4) is 0 Å². The maximum atomic E-state index is 13.8. The van der Waals surface area contributed by atoms with E-state index < -0.39 is 6.04 Å². The minimum atomic E-state index is -0.473. The number of benzene rings is 4. The molecule has 5 aromatic rings. The lowest BCUT2D eigenvalue weighted by Gasteiger charge is -2.23. The van der Waals surface area contributed by atoms with E-state index in [0.717, 1.165) is 30.0 Å². The predicted octanol–water partition coefficient (Wildman–Crippen LogP) is 7.14. The number of aryl methyl sites for hydroxylation is 2. The second-order valence-corrected chi connectivity index (χ2v) is 11.4. The van der Waals surface area contributed by atoms with Gasteiger partial charge in [-0.3, -0.25) is 4.79 Å². The Hall–Kier alpha value is -5.80. The van der Waals surface area contributed by atoms with Crippen LogP contribution in [0.25, 0.3) is 10.4 Å². The van der Waals surface area contributed by atoms with Gasteiger partial charge in [0.25, 0.3) is 5.91 Å². The third kappa shape index (κ3) is 7.21. The molecule has 11 nitrogen and oxygen atoms in total. The lowest BCUT2D eigenvalue weighted by molar-refractivity contribution is 0.0930. The van der Waals surface area contributed by atoms with Crippen LogP contribution in [0, 0.1) is 0 Å². The minimum Gasteiger partial charge on any atom is -0.497 e. The number of hydrogen-bond donors (Lipinski definition) is 2. The van der Waals surface area contributed by atoms with E-state index in [4.69, 9.17) is 25.2 Å². The van der Waals surface area contributed by atoms with Crippen LogP contribution in [-0.2, 0) is 19.4 Å². The first-order valence-corrected chi connectivity index (χ1v) is 15.5. The number of methoxy groups -OCH3 is 2. The van der Waals surface area contributed by atoms with Crippen molar-refractivity contribution in [3.63, 3.8) is 0 Å². The van der Waals surface area contributed by atoms with E-state index in [2.05, 4.69) is 49.5 Å². The van der Waals surface area contributed by atoms with Crippen LogP contribution in [0.1, 0.15) is 57.1 Å². The SMILES string of the molecule is COc1ccc(Cn2c(CCc3ccccc3)nnc2[C@@H](CC2CNc3ccccc32)NC(=O)c2ccc(N=[N+]=[N-])cc2)c(OC)c1. The van der Waals surface area contributed by atoms with Crippen molar-refractivity contribution in [2.24, 2.45) is 5.11 Å². The molecule has 1 aliphatic heterocycles. The molecule has 0 aliphatic carbocycles. The molecule has 2 atom stereocenters. The summed E-state index contributed by atoms with van der Waals surface area (Å²) in [5, 5.41) is 19.9. The highest BCUT2D eigenvalue weighted by Crippen LogP contribution is 2.37. The van der Waals surface area contributed by atoms with Gasteiger partial charge in [0.2, 0.25) is 0 Å². The van der Waals surface area contributed by atoms with Gasteiger partial charge in [0.1, 0.15) is 17.3 Å². The number of amides is 1. The molecule has 1 unspecified atom stereocenters. The van der Waals surface area contributed by atoms with Gasteiger partial charge in [-0.2, -0.15) is 0 Å². The number of hydrogen-bond acceptors (Lipinski definition) is 7. The van der Waals surface area contributed by atoms with Crippen LogP contribution in [0.2, 0.25) is 0 Å². The topological polar surface area (TPSA) is 139 Å². The van der Waals surface area contributed by atoms with Gasteiger partial charge in [0.15, 0.2) is 5.82 Å². The van der Waals surface area contributed by atoms with Gasteiger partial charge in [-0.05, 0) is 59.8 Å². The second-order valence-electron chi connectivity index (χ2n) is 11.4. The summed E-state index contributed by atoms with van der Waals surface area (Å²) in [6.45, 7) is 1.18. The second kappa shape index (κ2) is 14.5. The summed E-state index contributed by atoms with van der Waals surface area (Å²) in [4.78, 5) is 16.6. The van der Waals surface area contributed by atoms with E-state index in [1.54, 1.807) is 38.5 Å². The number of nitrogens with one attached hydrogen (secondary N) is 2. The number of ether oxygens (including phenoxy) is 2. The Kier molecular flexibility index (Phi) is 9.64. The molecule has 238 valence electrons. The van der Waals surface area contributed by atoms with Gasteiger partial charge in [-0.1, -0.05) is 65.8 Å². The maximum Gasteiger partial charge on any atom is 0.251 e. The zero-order valence-corrected chi connectivity index (χ0v) is 26.3. The minimum absolute atomic E-state index is 0.136. The molecule has 6 rings (SSSR count). The molecule has 0 saturated heterocycles. The number of para-hydroxylation sites is 1. The quantitative estimate of drug-likeness (QED) is 0.0807. The average molecular weight is 629 g/mol. The number of nitrogens with zero attached hydrogens (tertiary/aromatic N) is 6. The Balaban J connectivity index is 1.38. The molecule has 1 aliphatic rings. The molecule has 0 saturated carbocycles. The number of rotatable bonds is 13. The van der Waals surface area contributed by atoms with Crippen LogP contribution in [0.15, 0.2) is 102 Å². The molecule has 2 N–H and O–H groups in total. The molecule has 4 aromatic carbocycles. The molecule has 0 radical (unpaired) electrons. The smallest absolute Gasteiger partial charge is 0.251 e. The Labute approximate surface area is 273 Å². The highest BCUT2D eigenvalue weighted by atomic mass is 16.5. The van der Waals surface area contributed by atoms with E-state index in [1.165, 1.54) is 11.1 Å². The largest absolute Gasteiger partial charge is 0.497 e. The number of carbonyl (C=O) groups is 1. The first kappa shape index (κ1) is 31.2. The first-order valence-electron chi connectivity index (χ1n) is 15.5. The highest BCUT2D eigenvalue weighted by Gasteiger charge is 2.31. The third-order valence-electron chi connectivity index (χ3n) is 8.53. The molecule has 0 fully saturated rings. The third-order valence-corrected chi connectivity index (χ3v) is 8.53. The molecular weight excluding hydrogens is 592 g/mol. The molecule has 11 heteroatoms. The number of fused-ring (bicyclic) bond motifs is 1. The molecule has 0 spiro atoms. The number of azide groups is 1. The van der Waals surface area contributed by atoms with Crippen molar-refractivity contribution in [2.75, 3.05) is 26.1 Å². The number of aromatic nitrogens is 3. The van der Waals surface area contributed by atoms with Crippen molar-refractivity contribution in [2.45, 2.75) is 37.8 Å². The van der Waals surface area contributed by atoms with E-state index >= 15 is 0 Å². The number of anilines is 1. The molecule has 2 heterocycles. The summed E-state index contributed by atoms with van der Waals surface area (Å²) >= 11 is 0. The molecule has 0 bridgehead atoms. The van der Waals surface area contributed by atoms with Crippen LogP contribution >= 0.6 is 0 Å². The van der Waals surface area contributed by atoms with Gasteiger partial charge >= 0.3 is 0 Å². The molecule has 47 heavy (non-hydrogen) atoms. The fraction of sp³-hybridized carbons (Fsp3) is 0.250. The predicted molar refractivity (Wildman–Crippen MR) is 180 cm³/mol. The van der Waals surface area contributed by atoms with Crippen molar-refractivity contribution in [1.29, 1.82) is 0 Å². The Morgan fingerprint density at radius 2 is 1.79 bits per heavy atom.